The van der Waals surface area contributed by atoms with E-state index in [0.29, 0.717) is 12.5 Å². The van der Waals surface area contributed by atoms with E-state index in [-0.39, 0.29) is 0 Å². The summed E-state index contributed by atoms with van der Waals surface area (Å²) in [6, 6.07) is 14.8. The zero-order chi connectivity index (χ0) is 14.8. The first-order chi connectivity index (χ1) is 10.1. The summed E-state index contributed by atoms with van der Waals surface area (Å²) in [6.07, 6.45) is 3.77. The number of nitrogens with zero attached hydrogens (tertiary/aromatic N) is 2. The molecule has 0 aliphatic heterocycles. The molecule has 1 atom stereocenters. The zero-order valence-electron chi connectivity index (χ0n) is 12.4. The van der Waals surface area contributed by atoms with Crippen LogP contribution in [0, 0.1) is 0 Å². The maximum absolute atomic E-state index is 10.5. The van der Waals surface area contributed by atoms with Crippen LogP contribution in [-0.4, -0.2) is 14.9 Å². The lowest BCUT2D eigenvalue weighted by Gasteiger charge is -2.11. The van der Waals surface area contributed by atoms with Crippen molar-refractivity contribution in [3.05, 3.63) is 66.0 Å². The van der Waals surface area contributed by atoms with Crippen LogP contribution in [0.2, 0.25) is 0 Å². The quantitative estimate of drug-likeness (QED) is 0.787. The predicted molar refractivity (Wildman–Crippen MR) is 85.2 cm³/mol. The maximum Gasteiger partial charge on any atom is 0.0861 e. The molecule has 2 aromatic carbocycles. The summed E-state index contributed by atoms with van der Waals surface area (Å²) in [7, 11) is 0. The summed E-state index contributed by atoms with van der Waals surface area (Å²) < 4.78 is 1.88. The molecule has 108 valence electrons. The van der Waals surface area contributed by atoms with E-state index in [0.717, 1.165) is 11.1 Å². The number of aromatic nitrogens is 2. The lowest BCUT2D eigenvalue weighted by atomic mass is 9.98. The molecule has 0 saturated heterocycles. The second-order valence-corrected chi connectivity index (χ2v) is 5.71. The van der Waals surface area contributed by atoms with Crippen LogP contribution < -0.4 is 0 Å². The largest absolute Gasteiger partial charge is 0.388 e. The Bertz CT molecular complexity index is 740. The van der Waals surface area contributed by atoms with Gasteiger partial charge in [-0.2, -0.15) is 5.10 Å². The van der Waals surface area contributed by atoms with Crippen LogP contribution in [0.15, 0.2) is 54.9 Å². The van der Waals surface area contributed by atoms with Gasteiger partial charge in [0.25, 0.3) is 0 Å². The molecular formula is C18H20N2O. The summed E-state index contributed by atoms with van der Waals surface area (Å²) in [5.41, 5.74) is 2.04. The molecule has 1 N–H and O–H groups in total. The smallest absolute Gasteiger partial charge is 0.0861 e. The summed E-state index contributed by atoms with van der Waals surface area (Å²) in [4.78, 5) is 0. The van der Waals surface area contributed by atoms with Crippen molar-refractivity contribution in [2.24, 2.45) is 0 Å². The molecule has 0 aliphatic rings. The van der Waals surface area contributed by atoms with Crippen molar-refractivity contribution in [1.29, 1.82) is 0 Å². The Morgan fingerprint density at radius 2 is 1.86 bits per heavy atom. The molecular weight excluding hydrogens is 260 g/mol. The van der Waals surface area contributed by atoms with Gasteiger partial charge < -0.3 is 5.11 Å². The first kappa shape index (κ1) is 13.8. The molecule has 0 saturated carbocycles. The van der Waals surface area contributed by atoms with Crippen molar-refractivity contribution < 1.29 is 5.11 Å². The van der Waals surface area contributed by atoms with Gasteiger partial charge in [0.2, 0.25) is 0 Å². The second-order valence-electron chi connectivity index (χ2n) is 5.71. The molecule has 0 radical (unpaired) electrons. The molecule has 0 aliphatic carbocycles. The highest BCUT2D eigenvalue weighted by Crippen LogP contribution is 2.24. The number of rotatable bonds is 4. The number of aliphatic hydroxyl groups is 1. The molecule has 3 aromatic rings. The Kier molecular flexibility index (Phi) is 3.76. The molecule has 3 rings (SSSR count). The van der Waals surface area contributed by atoms with E-state index in [9.17, 15) is 5.11 Å². The zero-order valence-corrected chi connectivity index (χ0v) is 12.4. The number of hydrogen-bond acceptors (Lipinski definition) is 2. The lowest BCUT2D eigenvalue weighted by Crippen LogP contribution is -2.03. The summed E-state index contributed by atoms with van der Waals surface area (Å²) >= 11 is 0. The first-order valence-corrected chi connectivity index (χ1v) is 7.34. The van der Waals surface area contributed by atoms with Crippen molar-refractivity contribution in [2.45, 2.75) is 32.4 Å². The molecule has 0 bridgehead atoms. The highest BCUT2D eigenvalue weighted by atomic mass is 16.3. The van der Waals surface area contributed by atoms with E-state index in [1.807, 2.05) is 29.1 Å². The van der Waals surface area contributed by atoms with Gasteiger partial charge in [0.1, 0.15) is 0 Å². The average Bonchev–Trinajstić information content (AvgIpc) is 2.98. The Labute approximate surface area is 124 Å². The van der Waals surface area contributed by atoms with Gasteiger partial charge >= 0.3 is 0 Å². The van der Waals surface area contributed by atoms with Gasteiger partial charge in [-0.1, -0.05) is 42.5 Å². The fourth-order valence-electron chi connectivity index (χ4n) is 2.60. The van der Waals surface area contributed by atoms with Crippen LogP contribution in [-0.2, 0) is 6.42 Å². The number of fused-ring (bicyclic) bond motifs is 1. The Hall–Kier alpha value is -2.13. The van der Waals surface area contributed by atoms with Gasteiger partial charge in [0.05, 0.1) is 12.3 Å². The molecule has 1 unspecified atom stereocenters. The number of hydrogen-bond donors (Lipinski definition) is 1. The highest BCUT2D eigenvalue weighted by Gasteiger charge is 2.13. The first-order valence-electron chi connectivity index (χ1n) is 7.34. The van der Waals surface area contributed by atoms with E-state index >= 15 is 0 Å². The summed E-state index contributed by atoms with van der Waals surface area (Å²) in [5.74, 6) is 0. The van der Waals surface area contributed by atoms with Crippen LogP contribution in [0.25, 0.3) is 10.8 Å². The third-order valence-electron chi connectivity index (χ3n) is 3.83. The standard InChI is InChI=1S/C18H20N2O/c1-13(2)20-12-16(11-19-20)18(21)10-15-8-5-7-14-6-3-4-9-17(14)15/h3-9,11-13,18,21H,10H2,1-2H3. The molecule has 3 nitrogen and oxygen atoms in total. The van der Waals surface area contributed by atoms with Gasteiger partial charge in [-0.3, -0.25) is 4.68 Å². The van der Waals surface area contributed by atoms with Crippen molar-refractivity contribution in [2.75, 3.05) is 0 Å². The molecule has 21 heavy (non-hydrogen) atoms. The van der Waals surface area contributed by atoms with Crippen LogP contribution >= 0.6 is 0 Å². The minimum absolute atomic E-state index is 0.309. The molecule has 0 fully saturated rings. The Balaban J connectivity index is 1.87. The average molecular weight is 280 g/mol. The van der Waals surface area contributed by atoms with Gasteiger partial charge in [-0.25, -0.2) is 0 Å². The topological polar surface area (TPSA) is 38.0 Å². The molecule has 3 heteroatoms. The van der Waals surface area contributed by atoms with Gasteiger partial charge in [0, 0.05) is 24.2 Å². The van der Waals surface area contributed by atoms with Gasteiger partial charge in [-0.15, -0.1) is 0 Å². The molecule has 1 aromatic heterocycles. The van der Waals surface area contributed by atoms with Crippen molar-refractivity contribution in [1.82, 2.24) is 9.78 Å². The van der Waals surface area contributed by atoms with E-state index < -0.39 is 6.10 Å². The number of benzene rings is 2. The van der Waals surface area contributed by atoms with E-state index in [4.69, 9.17) is 0 Å². The van der Waals surface area contributed by atoms with Crippen LogP contribution in [0.1, 0.15) is 37.1 Å². The van der Waals surface area contributed by atoms with Gasteiger partial charge in [-0.05, 0) is 30.2 Å². The highest BCUT2D eigenvalue weighted by molar-refractivity contribution is 5.85. The minimum atomic E-state index is -0.525. The normalized spacial score (nSPS) is 13.0. The van der Waals surface area contributed by atoms with E-state index in [1.54, 1.807) is 6.20 Å². The van der Waals surface area contributed by atoms with Crippen molar-refractivity contribution in [3.63, 3.8) is 0 Å². The fraction of sp³-hybridized carbons (Fsp3) is 0.278. The molecule has 0 amide bonds. The maximum atomic E-state index is 10.5. The molecule has 0 spiro atoms. The van der Waals surface area contributed by atoms with E-state index in [2.05, 4.69) is 43.2 Å². The SMILES string of the molecule is CC(C)n1cc(C(O)Cc2cccc3ccccc23)cn1. The minimum Gasteiger partial charge on any atom is -0.388 e. The summed E-state index contributed by atoms with van der Waals surface area (Å²) in [5, 5.41) is 17.2. The van der Waals surface area contributed by atoms with E-state index in [1.165, 1.54) is 10.8 Å². The third-order valence-corrected chi connectivity index (χ3v) is 3.83. The predicted octanol–water partition coefficient (Wildman–Crippen LogP) is 3.89. The Morgan fingerprint density at radius 3 is 2.62 bits per heavy atom. The van der Waals surface area contributed by atoms with Gasteiger partial charge in [0.15, 0.2) is 0 Å². The summed E-state index contributed by atoms with van der Waals surface area (Å²) in [6.45, 7) is 4.15. The Morgan fingerprint density at radius 1 is 1.10 bits per heavy atom. The van der Waals surface area contributed by atoms with Crippen LogP contribution in [0.3, 0.4) is 0 Å². The monoisotopic (exact) mass is 280 g/mol. The third kappa shape index (κ3) is 2.83. The number of aliphatic hydroxyl groups excluding tert-OH is 1. The van der Waals surface area contributed by atoms with Crippen LogP contribution in [0.5, 0.6) is 0 Å². The lowest BCUT2D eigenvalue weighted by molar-refractivity contribution is 0.178. The molecule has 1 heterocycles. The van der Waals surface area contributed by atoms with Crippen molar-refractivity contribution >= 4 is 10.8 Å². The van der Waals surface area contributed by atoms with Crippen molar-refractivity contribution in [3.8, 4) is 0 Å². The van der Waals surface area contributed by atoms with Crippen LogP contribution in [0.4, 0.5) is 0 Å². The second kappa shape index (κ2) is 5.70. The fourth-order valence-corrected chi connectivity index (χ4v) is 2.60.